The second-order valence-electron chi connectivity index (χ2n) is 5.88. The van der Waals surface area contributed by atoms with Gasteiger partial charge in [-0.05, 0) is 32.4 Å². The molecule has 0 spiro atoms. The number of likely N-dealkylation sites (tertiary alicyclic amines) is 1. The monoisotopic (exact) mass is 264 g/mol. The summed E-state index contributed by atoms with van der Waals surface area (Å²) in [7, 11) is 0. The molecule has 0 amide bonds. The van der Waals surface area contributed by atoms with Crippen molar-refractivity contribution in [3.8, 4) is 0 Å². The molecule has 0 aromatic carbocycles. The Morgan fingerprint density at radius 1 is 1.16 bits per heavy atom. The summed E-state index contributed by atoms with van der Waals surface area (Å²) in [4.78, 5) is 2.54. The smallest absolute Gasteiger partial charge is 0.134 e. The average Bonchev–Trinajstić information content (AvgIpc) is 2.88. The Morgan fingerprint density at radius 3 is 2.79 bits per heavy atom. The zero-order chi connectivity index (χ0) is 13.1. The molecule has 2 aliphatic rings. The van der Waals surface area contributed by atoms with E-state index in [9.17, 15) is 5.11 Å². The van der Waals surface area contributed by atoms with E-state index in [0.717, 1.165) is 44.0 Å². The van der Waals surface area contributed by atoms with Crippen LogP contribution in [-0.4, -0.2) is 51.0 Å². The van der Waals surface area contributed by atoms with Gasteiger partial charge in [-0.1, -0.05) is 6.42 Å². The van der Waals surface area contributed by atoms with Gasteiger partial charge >= 0.3 is 0 Å². The van der Waals surface area contributed by atoms with E-state index in [0.29, 0.717) is 5.92 Å². The van der Waals surface area contributed by atoms with Crippen molar-refractivity contribution in [1.82, 2.24) is 19.7 Å². The summed E-state index contributed by atoms with van der Waals surface area (Å²) in [5.41, 5.74) is 0. The molecule has 1 aromatic rings. The fraction of sp³-hybridized carbons (Fsp3) is 0.857. The van der Waals surface area contributed by atoms with Gasteiger partial charge in [0.1, 0.15) is 11.6 Å². The van der Waals surface area contributed by atoms with Gasteiger partial charge in [-0.25, -0.2) is 0 Å². The Hall–Kier alpha value is -0.940. The maximum Gasteiger partial charge on any atom is 0.134 e. The van der Waals surface area contributed by atoms with Crippen molar-refractivity contribution < 1.29 is 5.11 Å². The molecule has 0 radical (unpaired) electrons. The summed E-state index contributed by atoms with van der Waals surface area (Å²) < 4.78 is 2.24. The Kier molecular flexibility index (Phi) is 4.13. The molecule has 5 nitrogen and oxygen atoms in total. The van der Waals surface area contributed by atoms with Gasteiger partial charge < -0.3 is 14.6 Å². The van der Waals surface area contributed by atoms with E-state index in [1.54, 1.807) is 0 Å². The molecule has 19 heavy (non-hydrogen) atoms. The highest BCUT2D eigenvalue weighted by Crippen LogP contribution is 2.20. The van der Waals surface area contributed by atoms with Crippen LogP contribution >= 0.6 is 0 Å². The minimum Gasteiger partial charge on any atom is -0.396 e. The van der Waals surface area contributed by atoms with E-state index >= 15 is 0 Å². The van der Waals surface area contributed by atoms with Gasteiger partial charge in [0.25, 0.3) is 0 Å². The van der Waals surface area contributed by atoms with Gasteiger partial charge in [-0.2, -0.15) is 0 Å². The van der Waals surface area contributed by atoms with Gasteiger partial charge in [0.15, 0.2) is 0 Å². The van der Waals surface area contributed by atoms with Crippen LogP contribution in [0.5, 0.6) is 0 Å². The lowest BCUT2D eigenvalue weighted by Crippen LogP contribution is -2.32. The fourth-order valence-electron chi connectivity index (χ4n) is 3.23. The molecule has 3 heterocycles. The number of aryl methyl sites for hydroxylation is 1. The summed E-state index contributed by atoms with van der Waals surface area (Å²) >= 11 is 0. The molecule has 5 heteroatoms. The SMILES string of the molecule is OCC1CCc2nnc(CCN3CCCCC3)n2C1. The highest BCUT2D eigenvalue weighted by atomic mass is 16.3. The Labute approximate surface area is 114 Å². The standard InChI is InChI=1S/C14H24N4O/c19-11-12-4-5-13-15-16-14(18(13)10-12)6-9-17-7-2-1-3-8-17/h12,19H,1-11H2. The number of hydrogen-bond donors (Lipinski definition) is 1. The lowest BCUT2D eigenvalue weighted by Gasteiger charge is -2.27. The minimum absolute atomic E-state index is 0.281. The Morgan fingerprint density at radius 2 is 2.00 bits per heavy atom. The normalized spacial score (nSPS) is 24.4. The van der Waals surface area contributed by atoms with E-state index in [2.05, 4.69) is 19.7 Å². The first kappa shape index (κ1) is 13.1. The van der Waals surface area contributed by atoms with Crippen LogP contribution in [0.2, 0.25) is 0 Å². The van der Waals surface area contributed by atoms with Gasteiger partial charge in [-0.3, -0.25) is 0 Å². The van der Waals surface area contributed by atoms with Crippen molar-refractivity contribution in [1.29, 1.82) is 0 Å². The van der Waals surface area contributed by atoms with Crippen LogP contribution in [0.1, 0.15) is 37.3 Å². The largest absolute Gasteiger partial charge is 0.396 e. The number of hydrogen-bond acceptors (Lipinski definition) is 4. The first-order chi connectivity index (χ1) is 9.36. The van der Waals surface area contributed by atoms with Crippen molar-refractivity contribution in [3.05, 3.63) is 11.6 Å². The molecule has 1 aromatic heterocycles. The highest BCUT2D eigenvalue weighted by Gasteiger charge is 2.22. The number of fused-ring (bicyclic) bond motifs is 1. The zero-order valence-electron chi connectivity index (χ0n) is 11.6. The third kappa shape index (κ3) is 2.98. The van der Waals surface area contributed by atoms with E-state index in [-0.39, 0.29) is 6.61 Å². The van der Waals surface area contributed by atoms with Gasteiger partial charge in [-0.15, -0.1) is 10.2 Å². The maximum absolute atomic E-state index is 9.32. The van der Waals surface area contributed by atoms with Crippen LogP contribution in [0.25, 0.3) is 0 Å². The highest BCUT2D eigenvalue weighted by molar-refractivity contribution is 5.00. The van der Waals surface area contributed by atoms with Crippen molar-refractivity contribution in [2.75, 3.05) is 26.2 Å². The number of aliphatic hydroxyl groups excluding tert-OH is 1. The van der Waals surface area contributed by atoms with Crippen LogP contribution < -0.4 is 0 Å². The van der Waals surface area contributed by atoms with Crippen LogP contribution in [0, 0.1) is 5.92 Å². The molecule has 0 saturated carbocycles. The number of rotatable bonds is 4. The van der Waals surface area contributed by atoms with Gasteiger partial charge in [0.05, 0.1) is 0 Å². The van der Waals surface area contributed by atoms with Crippen molar-refractivity contribution in [2.24, 2.45) is 5.92 Å². The van der Waals surface area contributed by atoms with Crippen molar-refractivity contribution in [2.45, 2.75) is 45.1 Å². The summed E-state index contributed by atoms with van der Waals surface area (Å²) in [6, 6.07) is 0. The lowest BCUT2D eigenvalue weighted by atomic mass is 10.0. The number of aliphatic hydroxyl groups is 1. The predicted octanol–water partition coefficient (Wildman–Crippen LogP) is 0.861. The first-order valence-corrected chi connectivity index (χ1v) is 7.61. The molecule has 1 saturated heterocycles. The second-order valence-corrected chi connectivity index (χ2v) is 5.88. The maximum atomic E-state index is 9.32. The van der Waals surface area contributed by atoms with Crippen molar-refractivity contribution >= 4 is 0 Å². The third-order valence-corrected chi connectivity index (χ3v) is 4.48. The molecule has 0 bridgehead atoms. The molecule has 1 fully saturated rings. The fourth-order valence-corrected chi connectivity index (χ4v) is 3.23. The lowest BCUT2D eigenvalue weighted by molar-refractivity contribution is 0.188. The van der Waals surface area contributed by atoms with Gasteiger partial charge in [0, 0.05) is 38.5 Å². The average molecular weight is 264 g/mol. The van der Waals surface area contributed by atoms with Crippen LogP contribution in [0.3, 0.4) is 0 Å². The van der Waals surface area contributed by atoms with E-state index in [4.69, 9.17) is 0 Å². The zero-order valence-corrected chi connectivity index (χ0v) is 11.6. The van der Waals surface area contributed by atoms with E-state index in [1.807, 2.05) is 0 Å². The molecule has 106 valence electrons. The summed E-state index contributed by atoms with van der Waals surface area (Å²) in [6.45, 7) is 4.75. The molecule has 1 N–H and O–H groups in total. The van der Waals surface area contributed by atoms with Crippen molar-refractivity contribution in [3.63, 3.8) is 0 Å². The first-order valence-electron chi connectivity index (χ1n) is 7.61. The molecule has 3 rings (SSSR count). The summed E-state index contributed by atoms with van der Waals surface area (Å²) in [5.74, 6) is 2.61. The van der Waals surface area contributed by atoms with Crippen LogP contribution in [0.15, 0.2) is 0 Å². The Balaban J connectivity index is 1.60. The molecular formula is C14H24N4O. The predicted molar refractivity (Wildman–Crippen MR) is 72.9 cm³/mol. The Bertz CT molecular complexity index is 412. The molecule has 0 aliphatic carbocycles. The number of nitrogens with zero attached hydrogens (tertiary/aromatic N) is 4. The van der Waals surface area contributed by atoms with Crippen LogP contribution in [0.4, 0.5) is 0 Å². The second kappa shape index (κ2) is 6.01. The summed E-state index contributed by atoms with van der Waals surface area (Å²) in [5, 5.41) is 18.0. The molecule has 1 atom stereocenters. The number of aromatic nitrogens is 3. The minimum atomic E-state index is 0.281. The molecule has 1 unspecified atom stereocenters. The molecule has 2 aliphatic heterocycles. The van der Waals surface area contributed by atoms with Crippen LogP contribution in [-0.2, 0) is 19.4 Å². The van der Waals surface area contributed by atoms with Gasteiger partial charge in [0.2, 0.25) is 0 Å². The third-order valence-electron chi connectivity index (χ3n) is 4.48. The van der Waals surface area contributed by atoms with E-state index in [1.165, 1.54) is 32.4 Å². The summed E-state index contributed by atoms with van der Waals surface area (Å²) in [6.07, 6.45) is 7.05. The topological polar surface area (TPSA) is 54.2 Å². The number of piperidine rings is 1. The quantitative estimate of drug-likeness (QED) is 0.876. The molecular weight excluding hydrogens is 240 g/mol. The van der Waals surface area contributed by atoms with E-state index < -0.39 is 0 Å².